The summed E-state index contributed by atoms with van der Waals surface area (Å²) in [6, 6.07) is 18.7. The first-order valence-corrected chi connectivity index (χ1v) is 15.6. The molecule has 1 unspecified atom stereocenters. The van der Waals surface area contributed by atoms with E-state index in [9.17, 15) is 18.0 Å². The molecule has 0 radical (unpaired) electrons. The van der Waals surface area contributed by atoms with Gasteiger partial charge in [0.25, 0.3) is 10.0 Å². The fourth-order valence-electron chi connectivity index (χ4n) is 4.44. The molecule has 226 valence electrons. The minimum Gasteiger partial charge on any atom is -0.497 e. The number of benzene rings is 3. The Kier molecular flexibility index (Phi) is 12.1. The number of methoxy groups -OCH3 is 2. The molecule has 0 saturated heterocycles. The molecule has 9 nitrogen and oxygen atoms in total. The molecule has 0 heterocycles. The number of unbranched alkanes of at least 4 members (excludes halogenated alkanes) is 1. The number of rotatable bonds is 15. The standard InChI is InChI=1S/C31H38ClN3O6S/c1-5-7-19-33-31(37)27(6-2)34(21-23-13-16-25(40-3)17-14-23)30(36)22-35(28-20-24(32)15-18-29(28)41-4)42(38,39)26-11-9-8-10-12-26/h8-18,20,27H,5-7,19,21-22H2,1-4H3,(H,33,37). The predicted molar refractivity (Wildman–Crippen MR) is 165 cm³/mol. The number of ether oxygens (including phenoxy) is 2. The van der Waals surface area contributed by atoms with E-state index in [0.29, 0.717) is 18.7 Å². The fraction of sp³-hybridized carbons (Fsp3) is 0.355. The van der Waals surface area contributed by atoms with E-state index in [-0.39, 0.29) is 33.8 Å². The number of carbonyl (C=O) groups excluding carboxylic acids is 2. The van der Waals surface area contributed by atoms with Gasteiger partial charge in [-0.15, -0.1) is 0 Å². The number of nitrogens with one attached hydrogen (secondary N) is 1. The average Bonchev–Trinajstić information content (AvgIpc) is 3.00. The maximum atomic E-state index is 14.2. The summed E-state index contributed by atoms with van der Waals surface area (Å²) in [5, 5.41) is 3.19. The molecule has 42 heavy (non-hydrogen) atoms. The van der Waals surface area contributed by atoms with Crippen molar-refractivity contribution in [2.75, 3.05) is 31.6 Å². The van der Waals surface area contributed by atoms with Crippen LogP contribution >= 0.6 is 11.6 Å². The van der Waals surface area contributed by atoms with E-state index in [1.54, 1.807) is 61.7 Å². The van der Waals surface area contributed by atoms with Gasteiger partial charge in [0, 0.05) is 18.1 Å². The van der Waals surface area contributed by atoms with Crippen LogP contribution in [-0.2, 0) is 26.2 Å². The fourth-order valence-corrected chi connectivity index (χ4v) is 6.05. The molecule has 0 aromatic heterocycles. The van der Waals surface area contributed by atoms with Gasteiger partial charge in [0.15, 0.2) is 0 Å². The summed E-state index contributed by atoms with van der Waals surface area (Å²) in [5.41, 5.74) is 0.855. The van der Waals surface area contributed by atoms with Crippen molar-refractivity contribution in [3.05, 3.63) is 83.4 Å². The Morgan fingerprint density at radius 1 is 0.952 bits per heavy atom. The number of hydrogen-bond acceptors (Lipinski definition) is 6. The van der Waals surface area contributed by atoms with Crippen LogP contribution in [0.4, 0.5) is 5.69 Å². The summed E-state index contributed by atoms with van der Waals surface area (Å²) in [6.45, 7) is 3.80. The highest BCUT2D eigenvalue weighted by Crippen LogP contribution is 2.35. The topological polar surface area (TPSA) is 105 Å². The lowest BCUT2D eigenvalue weighted by atomic mass is 10.1. The second kappa shape index (κ2) is 15.5. The number of carbonyl (C=O) groups is 2. The van der Waals surface area contributed by atoms with E-state index in [0.717, 1.165) is 22.7 Å². The predicted octanol–water partition coefficient (Wildman–Crippen LogP) is 5.28. The summed E-state index contributed by atoms with van der Waals surface area (Å²) < 4.78 is 39.7. The molecule has 3 rings (SSSR count). The quantitative estimate of drug-likeness (QED) is 0.233. The summed E-state index contributed by atoms with van der Waals surface area (Å²) >= 11 is 6.28. The highest BCUT2D eigenvalue weighted by Gasteiger charge is 2.34. The van der Waals surface area contributed by atoms with Crippen LogP contribution in [-0.4, -0.2) is 58.5 Å². The van der Waals surface area contributed by atoms with Crippen LogP contribution in [0.1, 0.15) is 38.7 Å². The minimum atomic E-state index is -4.25. The minimum absolute atomic E-state index is 0.00844. The van der Waals surface area contributed by atoms with Crippen LogP contribution in [0.2, 0.25) is 5.02 Å². The van der Waals surface area contributed by atoms with Crippen molar-refractivity contribution in [3.8, 4) is 11.5 Å². The number of halogens is 1. The molecule has 0 spiro atoms. The van der Waals surface area contributed by atoms with Gasteiger partial charge in [0.1, 0.15) is 24.1 Å². The van der Waals surface area contributed by atoms with Gasteiger partial charge in [-0.3, -0.25) is 13.9 Å². The first-order valence-electron chi connectivity index (χ1n) is 13.8. The molecule has 0 saturated carbocycles. The lowest BCUT2D eigenvalue weighted by molar-refractivity contribution is -0.140. The van der Waals surface area contributed by atoms with Gasteiger partial charge in [-0.05, 0) is 60.9 Å². The van der Waals surface area contributed by atoms with E-state index in [1.807, 2.05) is 13.8 Å². The summed E-state index contributed by atoms with van der Waals surface area (Å²) in [4.78, 5) is 28.9. The van der Waals surface area contributed by atoms with Crippen molar-refractivity contribution >= 4 is 39.1 Å². The zero-order valence-electron chi connectivity index (χ0n) is 24.4. The van der Waals surface area contributed by atoms with E-state index in [4.69, 9.17) is 21.1 Å². The molecule has 2 amide bonds. The number of nitrogens with zero attached hydrogens (tertiary/aromatic N) is 2. The van der Waals surface area contributed by atoms with E-state index in [1.165, 1.54) is 30.2 Å². The normalized spacial score (nSPS) is 11.8. The molecular weight excluding hydrogens is 578 g/mol. The molecule has 0 bridgehead atoms. The van der Waals surface area contributed by atoms with Crippen molar-refractivity contribution in [2.45, 2.75) is 50.6 Å². The van der Waals surface area contributed by atoms with Crippen molar-refractivity contribution in [1.82, 2.24) is 10.2 Å². The van der Waals surface area contributed by atoms with E-state index >= 15 is 0 Å². The van der Waals surface area contributed by atoms with Crippen molar-refractivity contribution < 1.29 is 27.5 Å². The van der Waals surface area contributed by atoms with Crippen LogP contribution in [0.3, 0.4) is 0 Å². The first-order chi connectivity index (χ1) is 20.2. The monoisotopic (exact) mass is 615 g/mol. The highest BCUT2D eigenvalue weighted by atomic mass is 35.5. The molecule has 0 aliphatic rings. The van der Waals surface area contributed by atoms with Crippen molar-refractivity contribution in [3.63, 3.8) is 0 Å². The van der Waals surface area contributed by atoms with E-state index in [2.05, 4.69) is 5.32 Å². The molecule has 3 aromatic carbocycles. The first kappa shape index (κ1) is 32.8. The average molecular weight is 616 g/mol. The van der Waals surface area contributed by atoms with Gasteiger partial charge >= 0.3 is 0 Å². The maximum absolute atomic E-state index is 14.2. The van der Waals surface area contributed by atoms with Gasteiger partial charge in [-0.1, -0.05) is 62.2 Å². The zero-order chi connectivity index (χ0) is 30.7. The summed E-state index contributed by atoms with van der Waals surface area (Å²) in [5.74, 6) is 0.00220. The summed E-state index contributed by atoms with van der Waals surface area (Å²) in [6.07, 6.45) is 2.03. The molecule has 0 aliphatic heterocycles. The second-order valence-electron chi connectivity index (χ2n) is 9.58. The highest BCUT2D eigenvalue weighted by molar-refractivity contribution is 7.92. The van der Waals surface area contributed by atoms with Crippen LogP contribution in [0.25, 0.3) is 0 Å². The lowest BCUT2D eigenvalue weighted by Crippen LogP contribution is -2.52. The van der Waals surface area contributed by atoms with Crippen molar-refractivity contribution in [1.29, 1.82) is 0 Å². The van der Waals surface area contributed by atoms with Gasteiger partial charge in [-0.25, -0.2) is 8.42 Å². The molecule has 0 aliphatic carbocycles. The molecule has 11 heteroatoms. The third kappa shape index (κ3) is 8.17. The Morgan fingerprint density at radius 2 is 1.64 bits per heavy atom. The van der Waals surface area contributed by atoms with Gasteiger partial charge in [-0.2, -0.15) is 0 Å². The third-order valence-electron chi connectivity index (χ3n) is 6.75. The van der Waals surface area contributed by atoms with Crippen LogP contribution in [0, 0.1) is 0 Å². The van der Waals surface area contributed by atoms with Crippen LogP contribution in [0.15, 0.2) is 77.7 Å². The summed E-state index contributed by atoms with van der Waals surface area (Å²) in [7, 11) is -1.29. The van der Waals surface area contributed by atoms with Gasteiger partial charge in [0.05, 0.1) is 24.8 Å². The lowest BCUT2D eigenvalue weighted by Gasteiger charge is -2.33. The largest absolute Gasteiger partial charge is 0.497 e. The van der Waals surface area contributed by atoms with Crippen LogP contribution in [0.5, 0.6) is 11.5 Å². The molecular formula is C31H38ClN3O6S. The van der Waals surface area contributed by atoms with Gasteiger partial charge in [0.2, 0.25) is 11.8 Å². The smallest absolute Gasteiger partial charge is 0.264 e. The third-order valence-corrected chi connectivity index (χ3v) is 8.76. The maximum Gasteiger partial charge on any atom is 0.264 e. The Morgan fingerprint density at radius 3 is 2.24 bits per heavy atom. The van der Waals surface area contributed by atoms with Gasteiger partial charge < -0.3 is 19.7 Å². The van der Waals surface area contributed by atoms with E-state index < -0.39 is 28.5 Å². The Bertz CT molecular complexity index is 1430. The number of amides is 2. The Labute approximate surface area is 253 Å². The second-order valence-corrected chi connectivity index (χ2v) is 11.9. The van der Waals surface area contributed by atoms with Crippen molar-refractivity contribution in [2.24, 2.45) is 0 Å². The van der Waals surface area contributed by atoms with Crippen LogP contribution < -0.4 is 19.1 Å². The Balaban J connectivity index is 2.08. The zero-order valence-corrected chi connectivity index (χ0v) is 26.0. The number of hydrogen-bond donors (Lipinski definition) is 1. The molecule has 1 N–H and O–H groups in total. The number of anilines is 1. The molecule has 1 atom stereocenters. The SMILES string of the molecule is CCCCNC(=O)C(CC)N(Cc1ccc(OC)cc1)C(=O)CN(c1cc(Cl)ccc1OC)S(=O)(=O)c1ccccc1. The molecule has 3 aromatic rings. The molecule has 0 fully saturated rings. The number of sulfonamides is 1. The Hall–Kier alpha value is -3.76.